The van der Waals surface area contributed by atoms with Gasteiger partial charge in [-0.15, -0.1) is 0 Å². The molecule has 186 valence electrons. The fourth-order valence-electron chi connectivity index (χ4n) is 4.83. The van der Waals surface area contributed by atoms with E-state index in [0.717, 1.165) is 43.4 Å². The van der Waals surface area contributed by atoms with Gasteiger partial charge in [-0.3, -0.25) is 4.98 Å². The number of rotatable bonds is 10. The highest BCUT2D eigenvalue weighted by Crippen LogP contribution is 2.25. The lowest BCUT2D eigenvalue weighted by atomic mass is 10.0. The highest BCUT2D eigenvalue weighted by Gasteiger charge is 2.30. The second-order valence-corrected chi connectivity index (χ2v) is 12.0. The van der Waals surface area contributed by atoms with Crippen molar-refractivity contribution in [2.45, 2.75) is 64.2 Å². The first kappa shape index (κ1) is 24.7. The number of hydrogen-bond acceptors (Lipinski definition) is 6. The molecule has 0 amide bonds. The Balaban J connectivity index is 1.30. The number of ether oxygens (including phenoxy) is 1. The van der Waals surface area contributed by atoms with Gasteiger partial charge in [-0.05, 0) is 69.5 Å². The topological polar surface area (TPSA) is 108 Å². The molecule has 0 aliphatic carbocycles. The van der Waals surface area contributed by atoms with E-state index in [1.54, 1.807) is 0 Å². The van der Waals surface area contributed by atoms with Gasteiger partial charge in [0, 0.05) is 11.9 Å². The number of aromatic nitrogens is 3. The summed E-state index contributed by atoms with van der Waals surface area (Å²) in [4.78, 5) is 23.8. The Labute approximate surface area is 201 Å². The number of nitrogens with zero attached hydrogens (tertiary/aromatic N) is 2. The van der Waals surface area contributed by atoms with Crippen molar-refractivity contribution in [3.05, 3.63) is 34.7 Å². The monoisotopic (exact) mass is 488 g/mol. The van der Waals surface area contributed by atoms with Crippen LogP contribution in [0.2, 0.25) is 0 Å². The van der Waals surface area contributed by atoms with Crippen molar-refractivity contribution < 1.29 is 13.2 Å². The lowest BCUT2D eigenvalue weighted by Crippen LogP contribution is -2.42. The maximum Gasteiger partial charge on any atom is 0.325 e. The second kappa shape index (κ2) is 10.5. The van der Waals surface area contributed by atoms with Crippen LogP contribution in [0.4, 0.5) is 0 Å². The third-order valence-electron chi connectivity index (χ3n) is 7.13. The van der Waals surface area contributed by atoms with E-state index in [9.17, 15) is 13.2 Å². The normalized spacial score (nSPS) is 17.1. The van der Waals surface area contributed by atoms with E-state index in [0.29, 0.717) is 29.3 Å². The summed E-state index contributed by atoms with van der Waals surface area (Å²) in [7, 11) is -3.14. The number of aromatic amines is 2. The molecule has 9 heteroatoms. The number of fused-ring (bicyclic) bond motifs is 2. The number of H-pyrrole nitrogens is 2. The van der Waals surface area contributed by atoms with Gasteiger partial charge in [0.05, 0.1) is 28.1 Å². The van der Waals surface area contributed by atoms with Crippen LogP contribution in [0.25, 0.3) is 22.1 Å². The molecule has 1 aliphatic rings. The van der Waals surface area contributed by atoms with Crippen molar-refractivity contribution in [3.8, 4) is 5.75 Å². The first-order valence-corrected chi connectivity index (χ1v) is 14.1. The van der Waals surface area contributed by atoms with Gasteiger partial charge in [-0.1, -0.05) is 26.7 Å². The van der Waals surface area contributed by atoms with Crippen molar-refractivity contribution in [2.24, 2.45) is 5.92 Å². The number of hydrogen-bond donors (Lipinski definition) is 2. The third-order valence-corrected chi connectivity index (χ3v) is 9.42. The second-order valence-electron chi connectivity index (χ2n) is 9.58. The molecular formula is C25H36N4O4S. The molecule has 0 bridgehead atoms. The highest BCUT2D eigenvalue weighted by atomic mass is 32.2. The lowest BCUT2D eigenvalue weighted by Gasteiger charge is -2.33. The summed E-state index contributed by atoms with van der Waals surface area (Å²) < 4.78 is 32.0. The quantitative estimate of drug-likeness (QED) is 0.448. The molecule has 3 heterocycles. The van der Waals surface area contributed by atoms with Gasteiger partial charge in [0.2, 0.25) is 0 Å². The first-order valence-electron chi connectivity index (χ1n) is 12.4. The zero-order valence-corrected chi connectivity index (χ0v) is 21.2. The number of sulfone groups is 1. The molecule has 1 atom stereocenters. The average Bonchev–Trinajstić information content (AvgIpc) is 3.18. The molecule has 0 saturated carbocycles. The molecule has 2 N–H and O–H groups in total. The lowest BCUT2D eigenvalue weighted by molar-refractivity contribution is 0.191. The van der Waals surface area contributed by atoms with Gasteiger partial charge in [0.15, 0.2) is 15.5 Å². The Morgan fingerprint density at radius 1 is 1.15 bits per heavy atom. The predicted octanol–water partition coefficient (Wildman–Crippen LogP) is 3.88. The zero-order valence-electron chi connectivity index (χ0n) is 20.3. The van der Waals surface area contributed by atoms with Crippen molar-refractivity contribution in [2.75, 3.05) is 25.4 Å². The number of benzene rings is 1. The molecule has 0 radical (unpaired) electrons. The van der Waals surface area contributed by atoms with E-state index in [1.165, 1.54) is 12.8 Å². The van der Waals surface area contributed by atoms with Crippen molar-refractivity contribution >= 4 is 31.9 Å². The molecule has 2 aromatic heterocycles. The largest absolute Gasteiger partial charge is 0.491 e. The molecule has 4 rings (SSSR count). The van der Waals surface area contributed by atoms with Gasteiger partial charge in [-0.2, -0.15) is 0 Å². The number of piperidine rings is 1. The van der Waals surface area contributed by atoms with Gasteiger partial charge >= 0.3 is 5.69 Å². The molecule has 3 aromatic rings. The smallest absolute Gasteiger partial charge is 0.325 e. The highest BCUT2D eigenvalue weighted by molar-refractivity contribution is 7.92. The fraction of sp³-hybridized carbons (Fsp3) is 0.600. The first-order chi connectivity index (χ1) is 16.3. The Kier molecular flexibility index (Phi) is 7.62. The summed E-state index contributed by atoms with van der Waals surface area (Å²) >= 11 is 0. The molecule has 8 nitrogen and oxygen atoms in total. The number of imidazole rings is 1. The maximum atomic E-state index is 13.0. The van der Waals surface area contributed by atoms with E-state index in [-0.39, 0.29) is 22.8 Å². The number of likely N-dealkylation sites (tertiary alicyclic amines) is 1. The Bertz CT molecular complexity index is 1270. The third kappa shape index (κ3) is 5.81. The van der Waals surface area contributed by atoms with Crippen LogP contribution in [0, 0.1) is 5.92 Å². The summed E-state index contributed by atoms with van der Waals surface area (Å²) in [6.07, 6.45) is 4.03. The van der Waals surface area contributed by atoms with Crippen LogP contribution >= 0.6 is 0 Å². The number of pyridine rings is 1. The average molecular weight is 489 g/mol. The molecule has 0 spiro atoms. The Morgan fingerprint density at radius 2 is 1.88 bits per heavy atom. The van der Waals surface area contributed by atoms with E-state index in [4.69, 9.17) is 4.74 Å². The minimum absolute atomic E-state index is 0.145. The van der Waals surface area contributed by atoms with Crippen LogP contribution in [0.5, 0.6) is 5.75 Å². The molecule has 1 aliphatic heterocycles. The van der Waals surface area contributed by atoms with E-state index < -0.39 is 9.84 Å². The van der Waals surface area contributed by atoms with Crippen molar-refractivity contribution in [1.82, 2.24) is 19.9 Å². The Morgan fingerprint density at radius 3 is 2.59 bits per heavy atom. The van der Waals surface area contributed by atoms with E-state index in [1.807, 2.05) is 31.2 Å². The minimum atomic E-state index is -3.14. The van der Waals surface area contributed by atoms with E-state index >= 15 is 0 Å². The van der Waals surface area contributed by atoms with Crippen LogP contribution in [0.15, 0.2) is 29.1 Å². The number of nitrogens with one attached hydrogen (secondary N) is 2. The molecule has 1 aromatic carbocycles. The van der Waals surface area contributed by atoms with Crippen LogP contribution in [-0.4, -0.2) is 65.0 Å². The molecule has 1 fully saturated rings. The van der Waals surface area contributed by atoms with Crippen LogP contribution in [0.3, 0.4) is 0 Å². The van der Waals surface area contributed by atoms with Crippen LogP contribution < -0.4 is 10.4 Å². The predicted molar refractivity (Wildman–Crippen MR) is 136 cm³/mol. The zero-order chi connectivity index (χ0) is 24.3. The fourth-order valence-corrected chi connectivity index (χ4v) is 6.75. The molecular weight excluding hydrogens is 452 g/mol. The van der Waals surface area contributed by atoms with Gasteiger partial charge in [0.25, 0.3) is 0 Å². The summed E-state index contributed by atoms with van der Waals surface area (Å²) in [5.74, 6) is 1.51. The van der Waals surface area contributed by atoms with Crippen molar-refractivity contribution in [3.63, 3.8) is 0 Å². The Hall–Kier alpha value is -2.39. The molecule has 1 saturated heterocycles. The molecule has 1 unspecified atom stereocenters. The van der Waals surface area contributed by atoms with Crippen molar-refractivity contribution in [1.29, 1.82) is 0 Å². The molecule has 34 heavy (non-hydrogen) atoms. The van der Waals surface area contributed by atoms with E-state index in [2.05, 4.69) is 33.7 Å². The summed E-state index contributed by atoms with van der Waals surface area (Å²) in [6.45, 7) is 9.19. The standard InChI is InChI=1S/C25H36N4O4S/c1-4-18(5-2)16-29-11-8-21(9-12-29)34(31,32)13-10-17(3)33-20-6-7-22-19(14-20)15-23-24(26-22)28-25(30)27-23/h6-7,14-15,17-18,21H,4-5,8-13,16H2,1-3H3,(H2,26,27,28,30). The van der Waals surface area contributed by atoms with Crippen LogP contribution in [-0.2, 0) is 9.84 Å². The van der Waals surface area contributed by atoms with Gasteiger partial charge in [-0.25, -0.2) is 18.2 Å². The maximum absolute atomic E-state index is 13.0. The summed E-state index contributed by atoms with van der Waals surface area (Å²) in [5, 5.41) is 0.607. The van der Waals surface area contributed by atoms with Crippen LogP contribution in [0.1, 0.15) is 52.9 Å². The van der Waals surface area contributed by atoms with Gasteiger partial charge in [0.1, 0.15) is 5.75 Å². The minimum Gasteiger partial charge on any atom is -0.491 e. The summed E-state index contributed by atoms with van der Waals surface area (Å²) in [5.41, 5.74) is 1.62. The summed E-state index contributed by atoms with van der Waals surface area (Å²) in [6, 6.07) is 7.39. The SMILES string of the molecule is CCC(CC)CN1CCC(S(=O)(=O)CCC(C)Oc2ccc3nc4[nH]c(=O)[nH]c4cc3c2)CC1. The van der Waals surface area contributed by atoms with Gasteiger partial charge < -0.3 is 14.6 Å².